The van der Waals surface area contributed by atoms with Crippen molar-refractivity contribution in [3.8, 4) is 11.8 Å². The number of anilines is 1. The van der Waals surface area contributed by atoms with Crippen LogP contribution in [0.2, 0.25) is 0 Å². The summed E-state index contributed by atoms with van der Waals surface area (Å²) in [7, 11) is -3.77. The number of benzene rings is 3. The van der Waals surface area contributed by atoms with E-state index in [9.17, 15) is 13.7 Å². The third kappa shape index (κ3) is 5.73. The van der Waals surface area contributed by atoms with Crippen molar-refractivity contribution in [1.82, 2.24) is 9.97 Å². The number of hydrogen-bond donors (Lipinski definition) is 2. The molecule has 8 nitrogen and oxygen atoms in total. The molecule has 4 rings (SSSR count). The van der Waals surface area contributed by atoms with Crippen molar-refractivity contribution in [3.63, 3.8) is 0 Å². The second-order valence-corrected chi connectivity index (χ2v) is 9.32. The lowest BCUT2D eigenvalue weighted by atomic mass is 10.1. The van der Waals surface area contributed by atoms with Crippen LogP contribution in [0, 0.1) is 18.3 Å². The first-order chi connectivity index (χ1) is 16.4. The Hall–Kier alpha value is -3.87. The average molecular weight is 477 g/mol. The minimum Gasteiger partial charge on any atom is -0.494 e. The number of nitrogens with zero attached hydrogens (tertiary/aromatic N) is 2. The van der Waals surface area contributed by atoms with Crippen molar-refractivity contribution in [2.45, 2.75) is 24.3 Å². The maximum absolute atomic E-state index is 12.2. The number of aromatic nitrogens is 2. The first kappa shape index (κ1) is 23.3. The van der Waals surface area contributed by atoms with Gasteiger partial charge in [-0.25, -0.2) is 4.98 Å². The first-order valence-corrected chi connectivity index (χ1v) is 12.1. The molecule has 1 aromatic heterocycles. The molecule has 0 spiro atoms. The average Bonchev–Trinajstić information content (AvgIpc) is 3.31. The Morgan fingerprint density at radius 3 is 2.56 bits per heavy atom. The number of fused-ring (bicyclic) bond motifs is 1. The Bertz CT molecular complexity index is 1390. The summed E-state index contributed by atoms with van der Waals surface area (Å²) >= 11 is 0. The molecular formula is C25H24N4O4S. The lowest BCUT2D eigenvalue weighted by Crippen LogP contribution is -2.10. The van der Waals surface area contributed by atoms with Crippen LogP contribution in [-0.2, 0) is 14.3 Å². The molecule has 0 bridgehead atoms. The van der Waals surface area contributed by atoms with E-state index in [0.29, 0.717) is 18.8 Å². The van der Waals surface area contributed by atoms with Gasteiger partial charge in [-0.05, 0) is 55.0 Å². The van der Waals surface area contributed by atoms with Crippen molar-refractivity contribution in [3.05, 3.63) is 84.2 Å². The van der Waals surface area contributed by atoms with Crippen LogP contribution < -0.4 is 10.1 Å². The molecule has 0 aliphatic carbocycles. The minimum absolute atomic E-state index is 0.0232. The van der Waals surface area contributed by atoms with Crippen molar-refractivity contribution in [2.75, 3.05) is 18.5 Å². The van der Waals surface area contributed by atoms with Crippen LogP contribution in [0.5, 0.6) is 5.75 Å². The van der Waals surface area contributed by atoms with Crippen LogP contribution >= 0.6 is 0 Å². The van der Waals surface area contributed by atoms with Gasteiger partial charge in [-0.2, -0.15) is 13.7 Å². The van der Waals surface area contributed by atoms with E-state index in [-0.39, 0.29) is 11.5 Å². The van der Waals surface area contributed by atoms with Gasteiger partial charge in [0.25, 0.3) is 10.1 Å². The minimum atomic E-state index is -3.77. The van der Waals surface area contributed by atoms with Crippen molar-refractivity contribution < 1.29 is 17.3 Å². The van der Waals surface area contributed by atoms with Crippen LogP contribution in [0.3, 0.4) is 0 Å². The van der Waals surface area contributed by atoms with E-state index in [1.807, 2.05) is 37.3 Å². The highest BCUT2D eigenvalue weighted by Crippen LogP contribution is 2.24. The zero-order chi connectivity index (χ0) is 24.0. The van der Waals surface area contributed by atoms with Crippen LogP contribution in [0.1, 0.15) is 23.6 Å². The predicted octanol–water partition coefficient (Wildman–Crippen LogP) is 4.72. The normalized spacial score (nSPS) is 12.2. The third-order valence-corrected chi connectivity index (χ3v) is 6.51. The van der Waals surface area contributed by atoms with Gasteiger partial charge in [-0.3, -0.25) is 4.18 Å². The summed E-state index contributed by atoms with van der Waals surface area (Å²) in [6.45, 7) is 2.21. The van der Waals surface area contributed by atoms with Gasteiger partial charge in [0, 0.05) is 12.1 Å². The zero-order valence-corrected chi connectivity index (χ0v) is 19.4. The van der Waals surface area contributed by atoms with E-state index in [4.69, 9.17) is 8.92 Å². The monoisotopic (exact) mass is 476 g/mol. The largest absolute Gasteiger partial charge is 0.494 e. The molecule has 2 N–H and O–H groups in total. The molecule has 9 heteroatoms. The standard InChI is InChI=1S/C25H24N4O4S/c1-18-3-10-22(11-4-18)34(30,31)33-14-2-13-32-21-8-5-19(6-9-21)25(16-26)29-20-7-12-23-24(15-20)28-17-27-23/h3-12,15,17,25,29H,2,13-14H2,1H3,(H,27,28). The van der Waals surface area contributed by atoms with Crippen molar-refractivity contribution in [1.29, 1.82) is 5.26 Å². The van der Waals surface area contributed by atoms with E-state index >= 15 is 0 Å². The highest BCUT2D eigenvalue weighted by atomic mass is 32.2. The predicted molar refractivity (Wildman–Crippen MR) is 129 cm³/mol. The highest BCUT2D eigenvalue weighted by Gasteiger charge is 2.14. The van der Waals surface area contributed by atoms with Gasteiger partial charge in [0.15, 0.2) is 0 Å². The molecule has 0 radical (unpaired) electrons. The molecule has 1 unspecified atom stereocenters. The number of aromatic amines is 1. The molecule has 0 amide bonds. The van der Waals surface area contributed by atoms with E-state index in [1.165, 1.54) is 12.1 Å². The summed E-state index contributed by atoms with van der Waals surface area (Å²) in [6.07, 6.45) is 2.04. The second-order valence-electron chi connectivity index (χ2n) is 7.70. The van der Waals surface area contributed by atoms with Crippen molar-refractivity contribution >= 4 is 26.8 Å². The van der Waals surface area contributed by atoms with Gasteiger partial charge in [-0.15, -0.1) is 0 Å². The first-order valence-electron chi connectivity index (χ1n) is 10.7. The summed E-state index contributed by atoms with van der Waals surface area (Å²) in [5, 5.41) is 12.8. The third-order valence-electron chi connectivity index (χ3n) is 5.18. The Balaban J connectivity index is 1.26. The molecule has 0 fully saturated rings. The molecular weight excluding hydrogens is 452 g/mol. The summed E-state index contributed by atoms with van der Waals surface area (Å²) in [4.78, 5) is 7.38. The molecule has 3 aromatic carbocycles. The summed E-state index contributed by atoms with van der Waals surface area (Å²) < 4.78 is 35.1. The molecule has 1 atom stereocenters. The van der Waals surface area contributed by atoms with Gasteiger partial charge in [0.05, 0.1) is 41.5 Å². The second kappa shape index (κ2) is 10.4. The highest BCUT2D eigenvalue weighted by molar-refractivity contribution is 7.86. The molecule has 0 saturated carbocycles. The number of nitriles is 1. The number of imidazole rings is 1. The zero-order valence-electron chi connectivity index (χ0n) is 18.6. The SMILES string of the molecule is Cc1ccc(S(=O)(=O)OCCCOc2ccc(C(C#N)Nc3ccc4nc[nH]c4c3)cc2)cc1. The fraction of sp³-hybridized carbons (Fsp3) is 0.200. The van der Waals surface area contributed by atoms with Crippen LogP contribution in [0.15, 0.2) is 78.0 Å². The lowest BCUT2D eigenvalue weighted by Gasteiger charge is -2.14. The van der Waals surface area contributed by atoms with Crippen LogP contribution in [0.4, 0.5) is 5.69 Å². The fourth-order valence-corrected chi connectivity index (χ4v) is 4.27. The topological polar surface area (TPSA) is 117 Å². The summed E-state index contributed by atoms with van der Waals surface area (Å²) in [6, 6.07) is 21.1. The number of rotatable bonds is 10. The maximum Gasteiger partial charge on any atom is 0.296 e. The Kier molecular flexibility index (Phi) is 7.11. The van der Waals surface area contributed by atoms with Gasteiger partial charge in [0.2, 0.25) is 0 Å². The number of hydrogen-bond acceptors (Lipinski definition) is 7. The molecule has 34 heavy (non-hydrogen) atoms. The fourth-order valence-electron chi connectivity index (χ4n) is 3.33. The van der Waals surface area contributed by atoms with Gasteiger partial charge in [0.1, 0.15) is 11.8 Å². The van der Waals surface area contributed by atoms with Gasteiger partial charge >= 0.3 is 0 Å². The Morgan fingerprint density at radius 1 is 1.06 bits per heavy atom. The molecule has 174 valence electrons. The molecule has 0 aliphatic heterocycles. The van der Waals surface area contributed by atoms with Crippen molar-refractivity contribution in [2.24, 2.45) is 0 Å². The molecule has 0 aliphatic rings. The van der Waals surface area contributed by atoms with E-state index in [2.05, 4.69) is 21.4 Å². The van der Waals surface area contributed by atoms with E-state index < -0.39 is 16.2 Å². The molecule has 1 heterocycles. The Morgan fingerprint density at radius 2 is 1.82 bits per heavy atom. The molecule has 4 aromatic rings. The number of ether oxygens (including phenoxy) is 1. The van der Waals surface area contributed by atoms with Crippen LogP contribution in [0.25, 0.3) is 11.0 Å². The van der Waals surface area contributed by atoms with E-state index in [0.717, 1.165) is 27.8 Å². The summed E-state index contributed by atoms with van der Waals surface area (Å²) in [5.41, 5.74) is 4.34. The maximum atomic E-state index is 12.2. The van der Waals surface area contributed by atoms with Gasteiger partial charge < -0.3 is 15.0 Å². The lowest BCUT2D eigenvalue weighted by molar-refractivity contribution is 0.250. The number of nitrogens with one attached hydrogen (secondary N) is 2. The van der Waals surface area contributed by atoms with Gasteiger partial charge in [-0.1, -0.05) is 29.8 Å². The Labute approximate surface area is 198 Å². The number of aryl methyl sites for hydroxylation is 1. The number of H-pyrrole nitrogens is 1. The smallest absolute Gasteiger partial charge is 0.296 e. The van der Waals surface area contributed by atoms with E-state index in [1.54, 1.807) is 30.6 Å². The summed E-state index contributed by atoms with van der Waals surface area (Å²) in [5.74, 6) is 0.626. The van der Waals surface area contributed by atoms with Crippen LogP contribution in [-0.4, -0.2) is 31.6 Å². The molecule has 0 saturated heterocycles. The quantitative estimate of drug-likeness (QED) is 0.251.